The second-order valence-electron chi connectivity index (χ2n) is 5.04. The van der Waals surface area contributed by atoms with E-state index in [4.69, 9.17) is 0 Å². The molecule has 1 saturated heterocycles. The summed E-state index contributed by atoms with van der Waals surface area (Å²) in [6.45, 7) is 1.85. The third-order valence-corrected chi connectivity index (χ3v) is 3.51. The van der Waals surface area contributed by atoms with Gasteiger partial charge in [-0.3, -0.25) is 4.79 Å². The lowest BCUT2D eigenvalue weighted by Crippen LogP contribution is -2.20. The van der Waals surface area contributed by atoms with E-state index in [2.05, 4.69) is 20.2 Å². The van der Waals surface area contributed by atoms with Gasteiger partial charge in [-0.25, -0.2) is 18.7 Å². The molecule has 0 spiro atoms. The largest absolute Gasteiger partial charge is 0.356 e. The number of carbonyl (C=O) groups is 1. The molecule has 0 unspecified atom stereocenters. The van der Waals surface area contributed by atoms with Gasteiger partial charge in [0, 0.05) is 24.7 Å². The first-order valence-electron chi connectivity index (χ1n) is 6.97. The molecule has 3 rings (SSSR count). The van der Waals surface area contributed by atoms with Crippen molar-refractivity contribution < 1.29 is 13.6 Å². The summed E-state index contributed by atoms with van der Waals surface area (Å²) in [6.07, 6.45) is 3.59. The van der Waals surface area contributed by atoms with E-state index in [9.17, 15) is 13.6 Å². The molecule has 0 bridgehead atoms. The van der Waals surface area contributed by atoms with E-state index in [1.165, 1.54) is 12.4 Å². The molecule has 2 aromatic rings. The van der Waals surface area contributed by atoms with Crippen LogP contribution in [-0.2, 0) is 0 Å². The van der Waals surface area contributed by atoms with Gasteiger partial charge in [0.2, 0.25) is 0 Å². The second-order valence-corrected chi connectivity index (χ2v) is 5.04. The highest BCUT2D eigenvalue weighted by atomic mass is 19.2. The van der Waals surface area contributed by atoms with E-state index in [0.29, 0.717) is 5.82 Å². The topological polar surface area (TPSA) is 58.1 Å². The Morgan fingerprint density at radius 3 is 2.59 bits per heavy atom. The van der Waals surface area contributed by atoms with Crippen LogP contribution in [-0.4, -0.2) is 29.0 Å². The summed E-state index contributed by atoms with van der Waals surface area (Å²) in [6, 6.07) is 4.66. The summed E-state index contributed by atoms with van der Waals surface area (Å²) >= 11 is 0. The number of hydrogen-bond donors (Lipinski definition) is 1. The standard InChI is InChI=1S/C15H14F2N4O/c16-11-4-3-10(7-12(11)17)15(22)20-13-8-14(19-9-18-13)21-5-1-2-6-21/h3-4,7-9H,1-2,5-6H2,(H,18,19,20,22). The van der Waals surface area contributed by atoms with Gasteiger partial charge in [0.25, 0.3) is 5.91 Å². The van der Waals surface area contributed by atoms with Crippen LogP contribution in [0.15, 0.2) is 30.6 Å². The highest BCUT2D eigenvalue weighted by Crippen LogP contribution is 2.19. The lowest BCUT2D eigenvalue weighted by atomic mass is 10.2. The first-order valence-corrected chi connectivity index (χ1v) is 6.97. The van der Waals surface area contributed by atoms with Crippen molar-refractivity contribution in [1.29, 1.82) is 0 Å². The van der Waals surface area contributed by atoms with Gasteiger partial charge >= 0.3 is 0 Å². The minimum atomic E-state index is -1.06. The summed E-state index contributed by atoms with van der Waals surface area (Å²) in [5, 5.41) is 2.56. The third kappa shape index (κ3) is 3.03. The molecule has 1 aromatic carbocycles. The zero-order chi connectivity index (χ0) is 15.5. The quantitative estimate of drug-likeness (QED) is 0.947. The molecule has 22 heavy (non-hydrogen) atoms. The normalized spacial score (nSPS) is 14.2. The smallest absolute Gasteiger partial charge is 0.256 e. The van der Waals surface area contributed by atoms with Crippen LogP contribution in [0.2, 0.25) is 0 Å². The highest BCUT2D eigenvalue weighted by molar-refractivity contribution is 6.03. The Morgan fingerprint density at radius 1 is 1.09 bits per heavy atom. The fourth-order valence-electron chi connectivity index (χ4n) is 2.36. The number of aromatic nitrogens is 2. The molecular formula is C15H14F2N4O. The molecular weight excluding hydrogens is 290 g/mol. The van der Waals surface area contributed by atoms with Crippen LogP contribution in [0.1, 0.15) is 23.2 Å². The molecule has 5 nitrogen and oxygen atoms in total. The maximum Gasteiger partial charge on any atom is 0.256 e. The molecule has 0 radical (unpaired) electrons. The summed E-state index contributed by atoms with van der Waals surface area (Å²) in [7, 11) is 0. The van der Waals surface area contributed by atoms with Gasteiger partial charge in [-0.2, -0.15) is 0 Å². The van der Waals surface area contributed by atoms with Crippen LogP contribution in [0.5, 0.6) is 0 Å². The Morgan fingerprint density at radius 2 is 1.86 bits per heavy atom. The van der Waals surface area contributed by atoms with Crippen LogP contribution in [0.3, 0.4) is 0 Å². The van der Waals surface area contributed by atoms with Gasteiger partial charge in [0.05, 0.1) is 0 Å². The molecule has 0 aliphatic carbocycles. The molecule has 1 amide bonds. The predicted molar refractivity (Wildman–Crippen MR) is 77.8 cm³/mol. The van der Waals surface area contributed by atoms with Crippen molar-refractivity contribution in [2.75, 3.05) is 23.3 Å². The number of benzene rings is 1. The fourth-order valence-corrected chi connectivity index (χ4v) is 2.36. The summed E-state index contributed by atoms with van der Waals surface area (Å²) in [5.74, 6) is -1.53. The number of hydrogen-bond acceptors (Lipinski definition) is 4. The van der Waals surface area contributed by atoms with Crippen molar-refractivity contribution >= 4 is 17.5 Å². The monoisotopic (exact) mass is 304 g/mol. The van der Waals surface area contributed by atoms with Gasteiger partial charge in [-0.05, 0) is 31.0 Å². The molecule has 7 heteroatoms. The lowest BCUT2D eigenvalue weighted by molar-refractivity contribution is 0.102. The Kier molecular flexibility index (Phi) is 3.95. The van der Waals surface area contributed by atoms with Crippen LogP contribution in [0.25, 0.3) is 0 Å². The maximum absolute atomic E-state index is 13.2. The number of nitrogens with zero attached hydrogens (tertiary/aromatic N) is 3. The van der Waals surface area contributed by atoms with Gasteiger partial charge in [-0.1, -0.05) is 0 Å². The zero-order valence-corrected chi connectivity index (χ0v) is 11.7. The maximum atomic E-state index is 13.2. The number of nitrogens with one attached hydrogen (secondary N) is 1. The summed E-state index contributed by atoms with van der Waals surface area (Å²) in [4.78, 5) is 22.3. The summed E-state index contributed by atoms with van der Waals surface area (Å²) in [5.41, 5.74) is 0.0280. The number of anilines is 2. The fraction of sp³-hybridized carbons (Fsp3) is 0.267. The van der Waals surface area contributed by atoms with Crippen LogP contribution in [0.4, 0.5) is 20.4 Å². The zero-order valence-electron chi connectivity index (χ0n) is 11.7. The predicted octanol–water partition coefficient (Wildman–Crippen LogP) is 2.61. The van der Waals surface area contributed by atoms with Gasteiger partial charge in [0.15, 0.2) is 11.6 Å². The average molecular weight is 304 g/mol. The second kappa shape index (κ2) is 6.05. The first-order chi connectivity index (χ1) is 10.6. The van der Waals surface area contributed by atoms with Crippen LogP contribution in [0, 0.1) is 11.6 Å². The molecule has 1 aromatic heterocycles. The van der Waals surface area contributed by atoms with Crippen LogP contribution >= 0.6 is 0 Å². The molecule has 1 fully saturated rings. The molecule has 114 valence electrons. The molecule has 0 saturated carbocycles. The lowest BCUT2D eigenvalue weighted by Gasteiger charge is -2.16. The number of amides is 1. The number of carbonyl (C=O) groups excluding carboxylic acids is 1. The van der Waals surface area contributed by atoms with Gasteiger partial charge < -0.3 is 10.2 Å². The minimum Gasteiger partial charge on any atom is -0.356 e. The van der Waals surface area contributed by atoms with Crippen molar-refractivity contribution in [3.05, 3.63) is 47.8 Å². The van der Waals surface area contributed by atoms with Crippen molar-refractivity contribution in [3.63, 3.8) is 0 Å². The van der Waals surface area contributed by atoms with Crippen molar-refractivity contribution in [3.8, 4) is 0 Å². The van der Waals surface area contributed by atoms with E-state index in [-0.39, 0.29) is 5.56 Å². The SMILES string of the molecule is O=C(Nc1cc(N2CCCC2)ncn1)c1ccc(F)c(F)c1. The summed E-state index contributed by atoms with van der Waals surface area (Å²) < 4.78 is 26.0. The number of rotatable bonds is 3. The van der Waals surface area contributed by atoms with Gasteiger partial charge in [0.1, 0.15) is 18.0 Å². The third-order valence-electron chi connectivity index (χ3n) is 3.51. The molecule has 2 heterocycles. The molecule has 1 N–H and O–H groups in total. The molecule has 0 atom stereocenters. The van der Waals surface area contributed by atoms with E-state index >= 15 is 0 Å². The Labute approximate surface area is 126 Å². The van der Waals surface area contributed by atoms with E-state index in [1.807, 2.05) is 0 Å². The van der Waals surface area contributed by atoms with Crippen LogP contribution < -0.4 is 10.2 Å². The minimum absolute atomic E-state index is 0.0280. The van der Waals surface area contributed by atoms with Crippen molar-refractivity contribution in [2.24, 2.45) is 0 Å². The van der Waals surface area contributed by atoms with Crippen molar-refractivity contribution in [1.82, 2.24) is 9.97 Å². The van der Waals surface area contributed by atoms with E-state index in [0.717, 1.165) is 43.9 Å². The average Bonchev–Trinajstić information content (AvgIpc) is 3.04. The Bertz CT molecular complexity index is 702. The highest BCUT2D eigenvalue weighted by Gasteiger charge is 2.15. The number of halogens is 2. The van der Waals surface area contributed by atoms with E-state index < -0.39 is 17.5 Å². The first kappa shape index (κ1) is 14.4. The van der Waals surface area contributed by atoms with Gasteiger partial charge in [-0.15, -0.1) is 0 Å². The molecule has 1 aliphatic rings. The van der Waals surface area contributed by atoms with Crippen molar-refractivity contribution in [2.45, 2.75) is 12.8 Å². The Balaban J connectivity index is 1.76. The Hall–Kier alpha value is -2.57. The molecule has 1 aliphatic heterocycles. The van der Waals surface area contributed by atoms with E-state index in [1.54, 1.807) is 6.07 Å².